The number of hydrogen-bond donors (Lipinski definition) is 0. The molecule has 72 valence electrons. The van der Waals surface area contributed by atoms with Gasteiger partial charge in [0.1, 0.15) is 11.6 Å². The molecular weight excluding hydrogens is 159 g/mol. The molecule has 0 aliphatic heterocycles. The number of rotatable bonds is 6. The minimum atomic E-state index is 0. The van der Waals surface area contributed by atoms with E-state index in [1.165, 1.54) is 0 Å². The second kappa shape index (κ2) is 8.37. The molecule has 0 rings (SSSR count). The van der Waals surface area contributed by atoms with E-state index in [1.54, 1.807) is 6.92 Å². The normalized spacial score (nSPS) is 8.83. The van der Waals surface area contributed by atoms with Gasteiger partial charge in [-0.2, -0.15) is 0 Å². The van der Waals surface area contributed by atoms with Crippen LogP contribution in [0.1, 0.15) is 46.0 Å². The monoisotopic (exact) mass is 176 g/mol. The highest BCUT2D eigenvalue weighted by Crippen LogP contribution is 2.00. The van der Waals surface area contributed by atoms with E-state index in [2.05, 4.69) is 0 Å². The highest BCUT2D eigenvalue weighted by atomic mass is 19.0. The van der Waals surface area contributed by atoms with Gasteiger partial charge in [0.2, 0.25) is 0 Å². The second-order valence-corrected chi connectivity index (χ2v) is 2.71. The maximum atomic E-state index is 11.0. The van der Waals surface area contributed by atoms with Gasteiger partial charge in [-0.3, -0.25) is 14.3 Å². The van der Waals surface area contributed by atoms with Gasteiger partial charge in [-0.15, -0.1) is 0 Å². The molecule has 0 aliphatic rings. The Labute approximate surface area is 72.7 Å². The van der Waals surface area contributed by atoms with Gasteiger partial charge in [0, 0.05) is 12.8 Å². The van der Waals surface area contributed by atoms with E-state index < -0.39 is 0 Å². The first-order valence-corrected chi connectivity index (χ1v) is 4.24. The van der Waals surface area contributed by atoms with Gasteiger partial charge in [0.05, 0.1) is 6.42 Å². The highest BCUT2D eigenvalue weighted by Gasteiger charge is 2.05. The first-order valence-electron chi connectivity index (χ1n) is 4.24. The highest BCUT2D eigenvalue weighted by molar-refractivity contribution is 5.98. The first kappa shape index (κ1) is 13.8. The predicted molar refractivity (Wildman–Crippen MR) is 47.0 cm³/mol. The zero-order chi connectivity index (χ0) is 8.69. The van der Waals surface area contributed by atoms with Gasteiger partial charge in [-0.05, 0) is 6.42 Å². The fourth-order valence-corrected chi connectivity index (χ4v) is 0.807. The largest absolute Gasteiger partial charge is 0.299 e. The molecule has 0 unspecified atom stereocenters. The maximum absolute atomic E-state index is 11.0. The van der Waals surface area contributed by atoms with Crippen LogP contribution in [0.4, 0.5) is 4.70 Å². The van der Waals surface area contributed by atoms with Crippen molar-refractivity contribution in [2.24, 2.45) is 0 Å². The summed E-state index contributed by atoms with van der Waals surface area (Å²) in [5.74, 6) is 0.157. The van der Waals surface area contributed by atoms with Crippen LogP contribution in [0, 0.1) is 0 Å². The summed E-state index contributed by atoms with van der Waals surface area (Å²) in [4.78, 5) is 21.7. The SMILES string of the molecule is CCCCC(=O)CC(=O)CC.F. The van der Waals surface area contributed by atoms with Crippen molar-refractivity contribution in [2.75, 3.05) is 0 Å². The zero-order valence-electron chi connectivity index (χ0n) is 7.76. The Balaban J connectivity index is 0. The van der Waals surface area contributed by atoms with Crippen LogP contribution in [0.3, 0.4) is 0 Å². The van der Waals surface area contributed by atoms with E-state index in [0.29, 0.717) is 12.8 Å². The van der Waals surface area contributed by atoms with Crippen LogP contribution in [0.25, 0.3) is 0 Å². The minimum absolute atomic E-state index is 0. The third-order valence-electron chi connectivity index (χ3n) is 1.60. The van der Waals surface area contributed by atoms with Gasteiger partial charge >= 0.3 is 0 Å². The van der Waals surface area contributed by atoms with Crippen LogP contribution in [0.2, 0.25) is 0 Å². The Morgan fingerprint density at radius 2 is 1.67 bits per heavy atom. The summed E-state index contributed by atoms with van der Waals surface area (Å²) in [5.41, 5.74) is 0. The topological polar surface area (TPSA) is 34.1 Å². The standard InChI is InChI=1S/C9H16O2.FH/c1-3-5-6-9(11)7-8(10)4-2;/h3-7H2,1-2H3;1H. The molecule has 0 spiro atoms. The molecular formula is C9H17FO2. The van der Waals surface area contributed by atoms with Crippen molar-refractivity contribution in [2.45, 2.75) is 46.0 Å². The number of hydrogen-bond acceptors (Lipinski definition) is 2. The molecule has 2 nitrogen and oxygen atoms in total. The second-order valence-electron chi connectivity index (χ2n) is 2.71. The summed E-state index contributed by atoms with van der Waals surface area (Å²) in [5, 5.41) is 0. The van der Waals surface area contributed by atoms with E-state index in [-0.39, 0.29) is 22.7 Å². The fourth-order valence-electron chi connectivity index (χ4n) is 0.807. The maximum Gasteiger partial charge on any atom is 0.140 e. The number of Topliss-reactive ketones (excluding diaryl/α,β-unsaturated/α-hetero) is 2. The Bertz CT molecular complexity index is 143. The summed E-state index contributed by atoms with van der Waals surface area (Å²) in [7, 11) is 0. The molecule has 12 heavy (non-hydrogen) atoms. The van der Waals surface area contributed by atoms with Crippen molar-refractivity contribution in [3.05, 3.63) is 0 Å². The summed E-state index contributed by atoms with van der Waals surface area (Å²) in [6.45, 7) is 3.82. The van der Waals surface area contributed by atoms with Crippen LogP contribution in [-0.2, 0) is 9.59 Å². The molecule has 0 N–H and O–H groups in total. The summed E-state index contributed by atoms with van der Waals surface area (Å²) in [6, 6.07) is 0. The first-order chi connectivity index (χ1) is 5.20. The molecule has 0 amide bonds. The van der Waals surface area contributed by atoms with Crippen molar-refractivity contribution < 1.29 is 14.3 Å². The van der Waals surface area contributed by atoms with Gasteiger partial charge < -0.3 is 0 Å². The molecule has 0 heterocycles. The summed E-state index contributed by atoms with van der Waals surface area (Å²) >= 11 is 0. The van der Waals surface area contributed by atoms with Gasteiger partial charge in [-0.25, -0.2) is 0 Å². The molecule has 0 bridgehead atoms. The lowest BCUT2D eigenvalue weighted by molar-refractivity contribution is -0.126. The Morgan fingerprint density at radius 3 is 2.08 bits per heavy atom. The molecule has 0 atom stereocenters. The van der Waals surface area contributed by atoms with Crippen LogP contribution >= 0.6 is 0 Å². The number of carbonyl (C=O) groups is 2. The Morgan fingerprint density at radius 1 is 1.08 bits per heavy atom. The van der Waals surface area contributed by atoms with Gasteiger partial charge in [0.15, 0.2) is 0 Å². The van der Waals surface area contributed by atoms with Crippen molar-refractivity contribution in [3.63, 3.8) is 0 Å². The van der Waals surface area contributed by atoms with E-state index >= 15 is 0 Å². The number of carbonyl (C=O) groups excluding carboxylic acids is 2. The van der Waals surface area contributed by atoms with E-state index in [9.17, 15) is 9.59 Å². The lowest BCUT2D eigenvalue weighted by Crippen LogP contribution is -2.05. The van der Waals surface area contributed by atoms with Crippen LogP contribution in [0.5, 0.6) is 0 Å². The molecule has 0 saturated carbocycles. The molecule has 0 saturated heterocycles. The Hall–Kier alpha value is -0.730. The fraction of sp³-hybridized carbons (Fsp3) is 0.778. The summed E-state index contributed by atoms with van der Waals surface area (Å²) < 4.78 is 0. The average molecular weight is 176 g/mol. The molecule has 3 heteroatoms. The number of ketones is 2. The van der Waals surface area contributed by atoms with Crippen LogP contribution in [-0.4, -0.2) is 11.6 Å². The molecule has 0 aromatic carbocycles. The van der Waals surface area contributed by atoms with Crippen LogP contribution < -0.4 is 0 Å². The molecule has 0 aromatic rings. The average Bonchev–Trinajstić information content (AvgIpc) is 2.00. The zero-order valence-corrected chi connectivity index (χ0v) is 7.76. The quantitative estimate of drug-likeness (QED) is 0.582. The Kier molecular flexibility index (Phi) is 9.65. The smallest absolute Gasteiger partial charge is 0.140 e. The van der Waals surface area contributed by atoms with Crippen molar-refractivity contribution in [3.8, 4) is 0 Å². The predicted octanol–water partition coefficient (Wildman–Crippen LogP) is 2.27. The minimum Gasteiger partial charge on any atom is -0.299 e. The van der Waals surface area contributed by atoms with E-state index in [1.807, 2.05) is 6.92 Å². The summed E-state index contributed by atoms with van der Waals surface area (Å²) in [6.07, 6.45) is 3.14. The molecule has 0 fully saturated rings. The van der Waals surface area contributed by atoms with Crippen molar-refractivity contribution in [1.82, 2.24) is 0 Å². The third-order valence-corrected chi connectivity index (χ3v) is 1.60. The van der Waals surface area contributed by atoms with Gasteiger partial charge in [-0.1, -0.05) is 20.3 Å². The lowest BCUT2D eigenvalue weighted by Gasteiger charge is -1.96. The third kappa shape index (κ3) is 7.38. The molecule has 0 aromatic heterocycles. The van der Waals surface area contributed by atoms with E-state index in [4.69, 9.17) is 0 Å². The number of unbranched alkanes of at least 4 members (excludes halogenated alkanes) is 1. The van der Waals surface area contributed by atoms with E-state index in [0.717, 1.165) is 12.8 Å². The van der Waals surface area contributed by atoms with Gasteiger partial charge in [0.25, 0.3) is 0 Å². The molecule has 0 aliphatic carbocycles. The lowest BCUT2D eigenvalue weighted by atomic mass is 10.1. The van der Waals surface area contributed by atoms with Crippen molar-refractivity contribution >= 4 is 11.6 Å². The molecule has 0 radical (unpaired) electrons. The van der Waals surface area contributed by atoms with Crippen molar-refractivity contribution in [1.29, 1.82) is 0 Å². The van der Waals surface area contributed by atoms with Crippen LogP contribution in [0.15, 0.2) is 0 Å². The number of halogens is 1.